The van der Waals surface area contributed by atoms with Crippen molar-refractivity contribution in [1.29, 1.82) is 0 Å². The number of hydrogen-bond donors (Lipinski definition) is 2. The Morgan fingerprint density at radius 3 is 2.83 bits per heavy atom. The van der Waals surface area contributed by atoms with Crippen LogP contribution in [0.25, 0.3) is 0 Å². The average Bonchev–Trinajstić information content (AvgIpc) is 2.84. The molecule has 2 rings (SSSR count). The van der Waals surface area contributed by atoms with Gasteiger partial charge in [0.05, 0.1) is 13.2 Å². The number of nitrogens with zero attached hydrogens (tertiary/aromatic N) is 1. The number of nitrogen functional groups attached to an aromatic ring is 1. The summed E-state index contributed by atoms with van der Waals surface area (Å²) >= 11 is 0. The molecule has 1 fully saturated rings. The lowest BCUT2D eigenvalue weighted by atomic mass is 10.2. The summed E-state index contributed by atoms with van der Waals surface area (Å²) in [7, 11) is 0. The van der Waals surface area contributed by atoms with E-state index in [2.05, 4.69) is 4.90 Å². The molecule has 0 amide bonds. The van der Waals surface area contributed by atoms with Gasteiger partial charge in [-0.1, -0.05) is 0 Å². The monoisotopic (exact) mass is 250 g/mol. The lowest BCUT2D eigenvalue weighted by molar-refractivity contribution is 0.150. The maximum atomic E-state index is 9.21. The lowest BCUT2D eigenvalue weighted by Crippen LogP contribution is -2.33. The number of aliphatic hydroxyl groups is 1. The molecule has 0 aromatic heterocycles. The third kappa shape index (κ3) is 3.62. The van der Waals surface area contributed by atoms with E-state index in [1.165, 1.54) is 6.42 Å². The first-order valence-corrected chi connectivity index (χ1v) is 6.63. The highest BCUT2D eigenvalue weighted by atomic mass is 16.5. The van der Waals surface area contributed by atoms with Crippen LogP contribution in [0.2, 0.25) is 0 Å². The van der Waals surface area contributed by atoms with Gasteiger partial charge in [0.2, 0.25) is 0 Å². The number of likely N-dealkylation sites (tertiary alicyclic amines) is 1. The minimum absolute atomic E-state index is 0.277. The first-order valence-electron chi connectivity index (χ1n) is 6.63. The van der Waals surface area contributed by atoms with Crippen LogP contribution in [-0.4, -0.2) is 42.4 Å². The minimum atomic E-state index is 0.277. The van der Waals surface area contributed by atoms with Crippen LogP contribution >= 0.6 is 0 Å². The van der Waals surface area contributed by atoms with E-state index in [0.717, 1.165) is 37.4 Å². The van der Waals surface area contributed by atoms with Gasteiger partial charge < -0.3 is 15.6 Å². The maximum Gasteiger partial charge on any atom is 0.119 e. The summed E-state index contributed by atoms with van der Waals surface area (Å²) in [6.45, 7) is 3.09. The molecule has 0 saturated carbocycles. The summed E-state index contributed by atoms with van der Waals surface area (Å²) in [4.78, 5) is 2.35. The van der Waals surface area contributed by atoms with Crippen LogP contribution in [0.15, 0.2) is 24.3 Å². The molecule has 18 heavy (non-hydrogen) atoms. The highest BCUT2D eigenvalue weighted by Crippen LogP contribution is 2.17. The SMILES string of the molecule is Nc1ccc(OCCCN2CCCC2CO)cc1. The van der Waals surface area contributed by atoms with E-state index in [1.807, 2.05) is 24.3 Å². The third-order valence-electron chi connectivity index (χ3n) is 3.45. The zero-order valence-corrected chi connectivity index (χ0v) is 10.7. The van der Waals surface area contributed by atoms with Crippen molar-refractivity contribution in [3.05, 3.63) is 24.3 Å². The number of rotatable bonds is 6. The normalized spacial score (nSPS) is 20.2. The van der Waals surface area contributed by atoms with Crippen LogP contribution in [0.3, 0.4) is 0 Å². The van der Waals surface area contributed by atoms with Crippen molar-refractivity contribution >= 4 is 5.69 Å². The van der Waals surface area contributed by atoms with Crippen molar-refractivity contribution in [2.24, 2.45) is 0 Å². The van der Waals surface area contributed by atoms with Crippen LogP contribution in [0, 0.1) is 0 Å². The van der Waals surface area contributed by atoms with E-state index in [-0.39, 0.29) is 6.61 Å². The van der Waals surface area contributed by atoms with Crippen molar-refractivity contribution in [2.75, 3.05) is 32.0 Å². The highest BCUT2D eigenvalue weighted by molar-refractivity contribution is 5.41. The fraction of sp³-hybridized carbons (Fsp3) is 0.571. The molecule has 0 aliphatic carbocycles. The Kier molecular flexibility index (Phi) is 4.84. The molecule has 3 N–H and O–H groups in total. The van der Waals surface area contributed by atoms with Gasteiger partial charge in [-0.25, -0.2) is 0 Å². The fourth-order valence-corrected chi connectivity index (χ4v) is 2.42. The second kappa shape index (κ2) is 6.61. The summed E-state index contributed by atoms with van der Waals surface area (Å²) in [5, 5.41) is 9.21. The molecule has 1 unspecified atom stereocenters. The number of benzene rings is 1. The van der Waals surface area contributed by atoms with Crippen LogP contribution in [0.5, 0.6) is 5.75 Å². The van der Waals surface area contributed by atoms with Crippen LogP contribution in [0.1, 0.15) is 19.3 Å². The molecule has 100 valence electrons. The minimum Gasteiger partial charge on any atom is -0.494 e. The van der Waals surface area contributed by atoms with Gasteiger partial charge in [0.15, 0.2) is 0 Å². The van der Waals surface area contributed by atoms with Gasteiger partial charge in [-0.15, -0.1) is 0 Å². The number of aliphatic hydroxyl groups excluding tert-OH is 1. The molecule has 0 spiro atoms. The first-order chi connectivity index (χ1) is 8.79. The Hall–Kier alpha value is -1.26. The summed E-state index contributed by atoms with van der Waals surface area (Å²) in [5.74, 6) is 0.865. The van der Waals surface area contributed by atoms with Crippen molar-refractivity contribution in [1.82, 2.24) is 4.90 Å². The van der Waals surface area contributed by atoms with Crippen LogP contribution in [0.4, 0.5) is 5.69 Å². The smallest absolute Gasteiger partial charge is 0.119 e. The highest BCUT2D eigenvalue weighted by Gasteiger charge is 2.22. The Balaban J connectivity index is 1.65. The Bertz CT molecular complexity index is 353. The zero-order valence-electron chi connectivity index (χ0n) is 10.7. The number of ether oxygens (including phenoxy) is 1. The fourth-order valence-electron chi connectivity index (χ4n) is 2.42. The van der Waals surface area contributed by atoms with E-state index in [4.69, 9.17) is 10.5 Å². The van der Waals surface area contributed by atoms with Gasteiger partial charge >= 0.3 is 0 Å². The second-order valence-electron chi connectivity index (χ2n) is 4.79. The predicted octanol–water partition coefficient (Wildman–Crippen LogP) is 1.49. The van der Waals surface area contributed by atoms with Crippen LogP contribution in [-0.2, 0) is 0 Å². The summed E-state index contributed by atoms with van der Waals surface area (Å²) in [6, 6.07) is 7.83. The third-order valence-corrected chi connectivity index (χ3v) is 3.45. The Morgan fingerprint density at radius 2 is 2.11 bits per heavy atom. The molecule has 0 radical (unpaired) electrons. The Labute approximate surface area is 108 Å². The van der Waals surface area contributed by atoms with Gasteiger partial charge in [0.1, 0.15) is 5.75 Å². The first kappa shape index (κ1) is 13.2. The van der Waals surface area contributed by atoms with Gasteiger partial charge in [-0.05, 0) is 50.1 Å². The van der Waals surface area contributed by atoms with Crippen LogP contribution < -0.4 is 10.5 Å². The molecule has 0 bridgehead atoms. The van der Waals surface area contributed by atoms with Gasteiger partial charge in [0, 0.05) is 18.3 Å². The molecule has 4 heteroatoms. The van der Waals surface area contributed by atoms with E-state index in [9.17, 15) is 5.11 Å². The summed E-state index contributed by atoms with van der Waals surface area (Å²) in [5.41, 5.74) is 6.36. The standard InChI is InChI=1S/C14H22N2O2/c15-12-4-6-14(7-5-12)18-10-2-9-16-8-1-3-13(16)11-17/h4-7,13,17H,1-3,8-11,15H2. The molecule has 1 aliphatic rings. The van der Waals surface area contributed by atoms with Crippen molar-refractivity contribution in [3.8, 4) is 5.75 Å². The molecule has 1 aromatic rings. The van der Waals surface area contributed by atoms with E-state index >= 15 is 0 Å². The maximum absolute atomic E-state index is 9.21. The van der Waals surface area contributed by atoms with Gasteiger partial charge in [-0.2, -0.15) is 0 Å². The molecular formula is C14H22N2O2. The second-order valence-corrected chi connectivity index (χ2v) is 4.79. The summed E-state index contributed by atoms with van der Waals surface area (Å²) < 4.78 is 5.64. The largest absolute Gasteiger partial charge is 0.494 e. The van der Waals surface area contributed by atoms with Gasteiger partial charge in [0.25, 0.3) is 0 Å². The quantitative estimate of drug-likeness (QED) is 0.593. The molecule has 1 heterocycles. The van der Waals surface area contributed by atoms with E-state index in [0.29, 0.717) is 12.6 Å². The zero-order chi connectivity index (χ0) is 12.8. The van der Waals surface area contributed by atoms with Crippen molar-refractivity contribution in [3.63, 3.8) is 0 Å². The summed E-state index contributed by atoms with van der Waals surface area (Å²) in [6.07, 6.45) is 3.31. The molecular weight excluding hydrogens is 228 g/mol. The molecule has 1 saturated heterocycles. The average molecular weight is 250 g/mol. The Morgan fingerprint density at radius 1 is 1.33 bits per heavy atom. The topological polar surface area (TPSA) is 58.7 Å². The number of hydrogen-bond acceptors (Lipinski definition) is 4. The van der Waals surface area contributed by atoms with Gasteiger partial charge in [-0.3, -0.25) is 4.90 Å². The molecule has 1 aromatic carbocycles. The van der Waals surface area contributed by atoms with E-state index < -0.39 is 0 Å². The lowest BCUT2D eigenvalue weighted by Gasteiger charge is -2.22. The molecule has 1 aliphatic heterocycles. The number of nitrogens with two attached hydrogens (primary N) is 1. The van der Waals surface area contributed by atoms with Crippen molar-refractivity contribution < 1.29 is 9.84 Å². The van der Waals surface area contributed by atoms with Crippen molar-refractivity contribution in [2.45, 2.75) is 25.3 Å². The van der Waals surface area contributed by atoms with E-state index in [1.54, 1.807) is 0 Å². The predicted molar refractivity (Wildman–Crippen MR) is 72.6 cm³/mol. The number of anilines is 1. The molecule has 4 nitrogen and oxygen atoms in total. The molecule has 1 atom stereocenters.